The van der Waals surface area contributed by atoms with E-state index in [1.165, 1.54) is 87.2 Å². The number of aromatic nitrogens is 2. The number of nitrogens with one attached hydrogen (secondary N) is 1. The van der Waals surface area contributed by atoms with Gasteiger partial charge in [-0.1, -0.05) is 96.6 Å². The molecule has 0 atom stereocenters. The van der Waals surface area contributed by atoms with Crippen molar-refractivity contribution in [3.8, 4) is 0 Å². The monoisotopic (exact) mass is 498 g/mol. The number of benzene rings is 6. The maximum atomic E-state index is 3.82. The highest BCUT2D eigenvalue weighted by molar-refractivity contribution is 6.45. The average Bonchev–Trinajstić information content (AvgIpc) is 3.55. The van der Waals surface area contributed by atoms with Crippen molar-refractivity contribution in [3.05, 3.63) is 115 Å². The van der Waals surface area contributed by atoms with Crippen LogP contribution in [-0.2, 0) is 0 Å². The molecule has 6 aromatic carbocycles. The van der Waals surface area contributed by atoms with Crippen molar-refractivity contribution in [1.82, 2.24) is 9.55 Å². The molecule has 1 aliphatic carbocycles. The predicted octanol–water partition coefficient (Wildman–Crippen LogP) is 10.5. The number of H-pyrrole nitrogens is 1. The topological polar surface area (TPSA) is 20.7 Å². The third-order valence-electron chi connectivity index (χ3n) is 8.87. The lowest BCUT2D eigenvalue weighted by Crippen LogP contribution is -2.01. The van der Waals surface area contributed by atoms with Gasteiger partial charge in [0, 0.05) is 48.9 Å². The second-order valence-corrected chi connectivity index (χ2v) is 11.0. The fraction of sp³-hybridized carbons (Fsp3) is 0.0811. The number of para-hydroxylation sites is 2. The van der Waals surface area contributed by atoms with E-state index in [1.807, 2.05) is 0 Å². The summed E-state index contributed by atoms with van der Waals surface area (Å²) in [5.41, 5.74) is 7.83. The Labute approximate surface area is 225 Å². The van der Waals surface area contributed by atoms with Crippen molar-refractivity contribution in [2.24, 2.45) is 0 Å². The lowest BCUT2D eigenvalue weighted by Gasteiger charge is -2.18. The Hall–Kier alpha value is -4.82. The van der Waals surface area contributed by atoms with Gasteiger partial charge in [-0.25, -0.2) is 0 Å². The molecule has 8 aromatic rings. The molecule has 0 radical (unpaired) electrons. The van der Waals surface area contributed by atoms with Crippen molar-refractivity contribution < 1.29 is 0 Å². The van der Waals surface area contributed by atoms with Crippen LogP contribution >= 0.6 is 0 Å². The SMILES string of the molecule is CC1=CC=C(n2c3ccccc3c3c4c(c5ccccc5c5[nH]c6ccccc6c54)c4ccccc4c32)CC1. The van der Waals surface area contributed by atoms with Crippen LogP contribution in [0, 0.1) is 0 Å². The van der Waals surface area contributed by atoms with Crippen LogP contribution in [0.15, 0.2) is 115 Å². The summed E-state index contributed by atoms with van der Waals surface area (Å²) < 4.78 is 2.56. The number of hydrogen-bond acceptors (Lipinski definition) is 0. The first-order valence-corrected chi connectivity index (χ1v) is 13.8. The fourth-order valence-electron chi connectivity index (χ4n) is 7.18. The van der Waals surface area contributed by atoms with Crippen molar-refractivity contribution >= 4 is 81.6 Å². The summed E-state index contributed by atoms with van der Waals surface area (Å²) in [5.74, 6) is 0. The minimum absolute atomic E-state index is 1.04. The van der Waals surface area contributed by atoms with Gasteiger partial charge in [0.1, 0.15) is 0 Å². The van der Waals surface area contributed by atoms with E-state index in [4.69, 9.17) is 0 Å². The summed E-state index contributed by atoms with van der Waals surface area (Å²) in [7, 11) is 0. The minimum Gasteiger partial charge on any atom is -0.354 e. The summed E-state index contributed by atoms with van der Waals surface area (Å²) >= 11 is 0. The maximum Gasteiger partial charge on any atom is 0.0622 e. The summed E-state index contributed by atoms with van der Waals surface area (Å²) in [6.45, 7) is 2.24. The Morgan fingerprint density at radius 1 is 0.538 bits per heavy atom. The van der Waals surface area contributed by atoms with Crippen LogP contribution in [0.25, 0.3) is 81.6 Å². The molecule has 0 unspecified atom stereocenters. The summed E-state index contributed by atoms with van der Waals surface area (Å²) in [6, 6.07) is 35.7. The van der Waals surface area contributed by atoms with E-state index >= 15 is 0 Å². The second-order valence-electron chi connectivity index (χ2n) is 11.0. The number of hydrogen-bond donors (Lipinski definition) is 1. The van der Waals surface area contributed by atoms with Gasteiger partial charge in [-0.05, 0) is 54.1 Å². The Morgan fingerprint density at radius 3 is 1.95 bits per heavy atom. The first kappa shape index (κ1) is 21.2. The Bertz CT molecular complexity index is 2390. The zero-order valence-corrected chi connectivity index (χ0v) is 21.8. The number of rotatable bonds is 1. The zero-order valence-electron chi connectivity index (χ0n) is 21.8. The van der Waals surface area contributed by atoms with Crippen LogP contribution in [-0.4, -0.2) is 9.55 Å². The van der Waals surface area contributed by atoms with Crippen molar-refractivity contribution in [1.29, 1.82) is 0 Å². The largest absolute Gasteiger partial charge is 0.354 e. The molecule has 0 spiro atoms. The van der Waals surface area contributed by atoms with Crippen LogP contribution < -0.4 is 0 Å². The molecule has 2 nitrogen and oxygen atoms in total. The zero-order chi connectivity index (χ0) is 25.7. The predicted molar refractivity (Wildman–Crippen MR) is 169 cm³/mol. The normalized spacial score (nSPS) is 14.4. The Balaban J connectivity index is 1.69. The van der Waals surface area contributed by atoms with E-state index in [-0.39, 0.29) is 0 Å². The molecule has 0 aliphatic heterocycles. The summed E-state index contributed by atoms with van der Waals surface area (Å²) in [4.78, 5) is 3.82. The van der Waals surface area contributed by atoms with Gasteiger partial charge in [0.2, 0.25) is 0 Å². The molecule has 1 aliphatic rings. The lowest BCUT2D eigenvalue weighted by molar-refractivity contribution is 0.928. The first-order chi connectivity index (χ1) is 19.3. The molecule has 184 valence electrons. The standard InChI is InChI=1S/C37H26N2/c1-22-18-20-23(21-19-22)39-31-17-9-7-15-29(31)34-35-32(25-11-3-5-13-27(25)37(34)39)24-10-2-4-12-26(24)36-33(35)28-14-6-8-16-30(28)38-36/h2-18,20,38H,19,21H2,1H3. The van der Waals surface area contributed by atoms with E-state index in [1.54, 1.807) is 0 Å². The molecule has 9 rings (SSSR count). The van der Waals surface area contributed by atoms with E-state index in [9.17, 15) is 0 Å². The quantitative estimate of drug-likeness (QED) is 0.217. The van der Waals surface area contributed by atoms with Crippen LogP contribution in [0.2, 0.25) is 0 Å². The first-order valence-electron chi connectivity index (χ1n) is 13.8. The molecular formula is C37H26N2. The fourth-order valence-corrected chi connectivity index (χ4v) is 7.18. The molecular weight excluding hydrogens is 472 g/mol. The van der Waals surface area contributed by atoms with E-state index < -0.39 is 0 Å². The van der Waals surface area contributed by atoms with Gasteiger partial charge in [0.05, 0.1) is 16.6 Å². The van der Waals surface area contributed by atoms with Crippen LogP contribution in [0.3, 0.4) is 0 Å². The maximum absolute atomic E-state index is 3.82. The minimum atomic E-state index is 1.04. The van der Waals surface area contributed by atoms with E-state index in [0.717, 1.165) is 12.8 Å². The molecule has 2 aromatic heterocycles. The summed E-state index contributed by atoms with van der Waals surface area (Å²) in [6.07, 6.45) is 6.78. The van der Waals surface area contributed by atoms with Gasteiger partial charge in [-0.3, -0.25) is 0 Å². The molecule has 0 saturated carbocycles. The highest BCUT2D eigenvalue weighted by Gasteiger charge is 2.24. The molecule has 39 heavy (non-hydrogen) atoms. The van der Waals surface area contributed by atoms with Crippen LogP contribution in [0.5, 0.6) is 0 Å². The number of fused-ring (bicyclic) bond motifs is 15. The third-order valence-corrected chi connectivity index (χ3v) is 8.87. The van der Waals surface area contributed by atoms with Crippen LogP contribution in [0.1, 0.15) is 19.8 Å². The Morgan fingerprint density at radius 2 is 1.18 bits per heavy atom. The molecule has 0 amide bonds. The third kappa shape index (κ3) is 2.71. The van der Waals surface area contributed by atoms with Crippen LogP contribution in [0.4, 0.5) is 0 Å². The smallest absolute Gasteiger partial charge is 0.0622 e. The van der Waals surface area contributed by atoms with Crippen molar-refractivity contribution in [2.75, 3.05) is 0 Å². The number of aromatic amines is 1. The van der Waals surface area contributed by atoms with E-state index in [0.29, 0.717) is 0 Å². The highest BCUT2D eigenvalue weighted by atomic mass is 15.0. The molecule has 0 bridgehead atoms. The highest BCUT2D eigenvalue weighted by Crippen LogP contribution is 2.49. The second kappa shape index (κ2) is 7.61. The van der Waals surface area contributed by atoms with Crippen molar-refractivity contribution in [2.45, 2.75) is 19.8 Å². The van der Waals surface area contributed by atoms with Gasteiger partial charge in [0.25, 0.3) is 0 Å². The molecule has 2 heteroatoms. The molecule has 0 fully saturated rings. The van der Waals surface area contributed by atoms with Crippen molar-refractivity contribution in [3.63, 3.8) is 0 Å². The Kier molecular flexibility index (Phi) is 4.13. The van der Waals surface area contributed by atoms with Gasteiger partial charge >= 0.3 is 0 Å². The average molecular weight is 499 g/mol. The van der Waals surface area contributed by atoms with Gasteiger partial charge in [-0.15, -0.1) is 0 Å². The molecule has 1 N–H and O–H groups in total. The molecule has 0 saturated heterocycles. The number of allylic oxidation sites excluding steroid dienone is 4. The van der Waals surface area contributed by atoms with Gasteiger partial charge < -0.3 is 9.55 Å². The summed E-state index contributed by atoms with van der Waals surface area (Å²) in [5, 5.41) is 13.2. The lowest BCUT2D eigenvalue weighted by atomic mass is 9.89. The molecule has 2 heterocycles. The van der Waals surface area contributed by atoms with Gasteiger partial charge in [0.15, 0.2) is 0 Å². The van der Waals surface area contributed by atoms with E-state index in [2.05, 4.69) is 126 Å². The number of nitrogens with zero attached hydrogens (tertiary/aromatic N) is 1. The van der Waals surface area contributed by atoms with Gasteiger partial charge in [-0.2, -0.15) is 0 Å².